The molecule has 0 aliphatic carbocycles. The van der Waals surface area contributed by atoms with E-state index in [4.69, 9.17) is 5.73 Å². The third-order valence-electron chi connectivity index (χ3n) is 2.17. The lowest BCUT2D eigenvalue weighted by Crippen LogP contribution is -2.37. The SMILES string of the molecule is Cc1cc(Br)ccc1CNC(=O)[C@@H](C)N.Cl. The summed E-state index contributed by atoms with van der Waals surface area (Å²) in [6.07, 6.45) is 0. The van der Waals surface area contributed by atoms with Gasteiger partial charge in [0, 0.05) is 11.0 Å². The van der Waals surface area contributed by atoms with E-state index >= 15 is 0 Å². The van der Waals surface area contributed by atoms with E-state index in [1.54, 1.807) is 6.92 Å². The number of halogens is 2. The quantitative estimate of drug-likeness (QED) is 0.899. The van der Waals surface area contributed by atoms with Crippen LogP contribution in [0.25, 0.3) is 0 Å². The van der Waals surface area contributed by atoms with Gasteiger partial charge in [0.15, 0.2) is 0 Å². The maximum atomic E-state index is 11.2. The molecular formula is C11H16BrClN2O. The van der Waals surface area contributed by atoms with Crippen molar-refractivity contribution in [2.75, 3.05) is 0 Å². The molecule has 0 bridgehead atoms. The second-order valence-corrected chi connectivity index (χ2v) is 4.49. The summed E-state index contributed by atoms with van der Waals surface area (Å²) < 4.78 is 1.04. The van der Waals surface area contributed by atoms with E-state index in [1.165, 1.54) is 0 Å². The summed E-state index contributed by atoms with van der Waals surface area (Å²) in [4.78, 5) is 11.2. The topological polar surface area (TPSA) is 55.1 Å². The van der Waals surface area contributed by atoms with E-state index < -0.39 is 6.04 Å². The van der Waals surface area contributed by atoms with Gasteiger partial charge < -0.3 is 11.1 Å². The van der Waals surface area contributed by atoms with E-state index in [0.717, 1.165) is 15.6 Å². The maximum Gasteiger partial charge on any atom is 0.236 e. The Morgan fingerprint density at radius 1 is 1.56 bits per heavy atom. The second-order valence-electron chi connectivity index (χ2n) is 3.58. The van der Waals surface area contributed by atoms with E-state index in [1.807, 2.05) is 25.1 Å². The number of rotatable bonds is 3. The molecule has 16 heavy (non-hydrogen) atoms. The predicted molar refractivity (Wildman–Crippen MR) is 71.6 cm³/mol. The molecule has 0 aliphatic rings. The fourth-order valence-corrected chi connectivity index (χ4v) is 1.68. The molecular weight excluding hydrogens is 291 g/mol. The molecule has 0 spiro atoms. The Morgan fingerprint density at radius 2 is 2.19 bits per heavy atom. The van der Waals surface area contributed by atoms with Crippen molar-refractivity contribution in [2.45, 2.75) is 26.4 Å². The number of carbonyl (C=O) groups is 1. The Labute approximate surface area is 110 Å². The molecule has 3 N–H and O–H groups in total. The van der Waals surface area contributed by atoms with Crippen LogP contribution in [0.1, 0.15) is 18.1 Å². The van der Waals surface area contributed by atoms with Crippen molar-refractivity contribution in [2.24, 2.45) is 5.73 Å². The van der Waals surface area contributed by atoms with Crippen molar-refractivity contribution < 1.29 is 4.79 Å². The fourth-order valence-electron chi connectivity index (χ4n) is 1.20. The van der Waals surface area contributed by atoms with Gasteiger partial charge in [0.1, 0.15) is 0 Å². The number of nitrogens with one attached hydrogen (secondary N) is 1. The summed E-state index contributed by atoms with van der Waals surface area (Å²) in [5.41, 5.74) is 7.69. The van der Waals surface area contributed by atoms with Gasteiger partial charge >= 0.3 is 0 Å². The molecule has 1 atom stereocenters. The van der Waals surface area contributed by atoms with Crippen LogP contribution >= 0.6 is 28.3 Å². The lowest BCUT2D eigenvalue weighted by molar-refractivity contribution is -0.122. The van der Waals surface area contributed by atoms with Crippen LogP contribution in [0.15, 0.2) is 22.7 Å². The molecule has 3 nitrogen and oxygen atoms in total. The van der Waals surface area contributed by atoms with Gasteiger partial charge in [-0.05, 0) is 37.1 Å². The molecule has 0 saturated heterocycles. The first kappa shape index (κ1) is 15.4. The number of aryl methyl sites for hydroxylation is 1. The van der Waals surface area contributed by atoms with Gasteiger partial charge in [0.05, 0.1) is 6.04 Å². The number of amides is 1. The number of carbonyl (C=O) groups excluding carboxylic acids is 1. The molecule has 0 radical (unpaired) electrons. The summed E-state index contributed by atoms with van der Waals surface area (Å²) in [5.74, 6) is -0.127. The van der Waals surface area contributed by atoms with Gasteiger partial charge in [0.2, 0.25) is 5.91 Å². The first-order chi connectivity index (χ1) is 7.00. The zero-order valence-corrected chi connectivity index (χ0v) is 11.7. The second kappa shape index (κ2) is 6.89. The highest BCUT2D eigenvalue weighted by Gasteiger charge is 2.07. The Bertz CT molecular complexity index is 369. The molecule has 90 valence electrons. The van der Waals surface area contributed by atoms with Crippen molar-refractivity contribution in [3.63, 3.8) is 0 Å². The minimum absolute atomic E-state index is 0. The molecule has 5 heteroatoms. The third-order valence-corrected chi connectivity index (χ3v) is 2.66. The van der Waals surface area contributed by atoms with Crippen LogP contribution in [0.5, 0.6) is 0 Å². The normalized spacial score (nSPS) is 11.5. The van der Waals surface area contributed by atoms with Gasteiger partial charge in [-0.2, -0.15) is 0 Å². The van der Waals surface area contributed by atoms with Crippen molar-refractivity contribution in [1.82, 2.24) is 5.32 Å². The average molecular weight is 308 g/mol. The standard InChI is InChI=1S/C11H15BrN2O.ClH/c1-7-5-10(12)4-3-9(7)6-14-11(15)8(2)13;/h3-5,8H,6,13H2,1-2H3,(H,14,15);1H/t8-;/m1./s1. The van der Waals surface area contributed by atoms with E-state index in [2.05, 4.69) is 21.2 Å². The van der Waals surface area contributed by atoms with Crippen LogP contribution in [0.2, 0.25) is 0 Å². The Hall–Kier alpha value is -0.580. The smallest absolute Gasteiger partial charge is 0.236 e. The fraction of sp³-hybridized carbons (Fsp3) is 0.364. The number of nitrogens with two attached hydrogens (primary N) is 1. The van der Waals surface area contributed by atoms with Gasteiger partial charge in [-0.15, -0.1) is 12.4 Å². The lowest BCUT2D eigenvalue weighted by Gasteiger charge is -2.10. The van der Waals surface area contributed by atoms with Crippen molar-refractivity contribution in [1.29, 1.82) is 0 Å². The van der Waals surface area contributed by atoms with Gasteiger partial charge in [0.25, 0.3) is 0 Å². The van der Waals surface area contributed by atoms with Crippen LogP contribution < -0.4 is 11.1 Å². The first-order valence-electron chi connectivity index (χ1n) is 4.79. The van der Waals surface area contributed by atoms with Gasteiger partial charge in [-0.1, -0.05) is 22.0 Å². The van der Waals surface area contributed by atoms with E-state index in [9.17, 15) is 4.79 Å². The molecule has 0 unspecified atom stereocenters. The summed E-state index contributed by atoms with van der Waals surface area (Å²) in [5, 5.41) is 2.78. The number of hydrogen-bond donors (Lipinski definition) is 2. The lowest BCUT2D eigenvalue weighted by atomic mass is 10.1. The number of hydrogen-bond acceptors (Lipinski definition) is 2. The van der Waals surface area contributed by atoms with E-state index in [0.29, 0.717) is 6.54 Å². The van der Waals surface area contributed by atoms with Crippen molar-refractivity contribution >= 4 is 34.2 Å². The molecule has 1 amide bonds. The molecule has 0 heterocycles. The number of benzene rings is 1. The largest absolute Gasteiger partial charge is 0.351 e. The van der Waals surface area contributed by atoms with Crippen LogP contribution in [0, 0.1) is 6.92 Å². The minimum Gasteiger partial charge on any atom is -0.351 e. The maximum absolute atomic E-state index is 11.2. The van der Waals surface area contributed by atoms with Gasteiger partial charge in [-0.25, -0.2) is 0 Å². The first-order valence-corrected chi connectivity index (χ1v) is 5.58. The molecule has 1 rings (SSSR count). The third kappa shape index (κ3) is 4.51. The van der Waals surface area contributed by atoms with Crippen LogP contribution in [0.3, 0.4) is 0 Å². The Kier molecular flexibility index (Phi) is 6.64. The monoisotopic (exact) mass is 306 g/mol. The summed E-state index contributed by atoms with van der Waals surface area (Å²) >= 11 is 3.39. The van der Waals surface area contributed by atoms with Crippen molar-refractivity contribution in [3.8, 4) is 0 Å². The summed E-state index contributed by atoms with van der Waals surface area (Å²) in [7, 11) is 0. The van der Waals surface area contributed by atoms with Gasteiger partial charge in [-0.3, -0.25) is 4.79 Å². The van der Waals surface area contributed by atoms with Crippen LogP contribution in [-0.2, 0) is 11.3 Å². The van der Waals surface area contributed by atoms with Crippen LogP contribution in [-0.4, -0.2) is 11.9 Å². The molecule has 1 aromatic rings. The molecule has 0 aliphatic heterocycles. The minimum atomic E-state index is -0.458. The zero-order valence-electron chi connectivity index (χ0n) is 9.29. The highest BCUT2D eigenvalue weighted by molar-refractivity contribution is 9.10. The van der Waals surface area contributed by atoms with E-state index in [-0.39, 0.29) is 18.3 Å². The Balaban J connectivity index is 0.00000225. The highest BCUT2D eigenvalue weighted by atomic mass is 79.9. The Morgan fingerprint density at radius 3 is 2.69 bits per heavy atom. The van der Waals surface area contributed by atoms with Crippen molar-refractivity contribution in [3.05, 3.63) is 33.8 Å². The van der Waals surface area contributed by atoms with Crippen LogP contribution in [0.4, 0.5) is 0 Å². The zero-order chi connectivity index (χ0) is 11.4. The molecule has 0 saturated carbocycles. The summed E-state index contributed by atoms with van der Waals surface area (Å²) in [6.45, 7) is 4.21. The average Bonchev–Trinajstić information content (AvgIpc) is 2.15. The molecule has 0 fully saturated rings. The summed E-state index contributed by atoms with van der Waals surface area (Å²) in [6, 6.07) is 5.51. The predicted octanol–water partition coefficient (Wildman–Crippen LogP) is 2.14. The highest BCUT2D eigenvalue weighted by Crippen LogP contribution is 2.15. The molecule has 0 aromatic heterocycles. The molecule has 1 aromatic carbocycles.